The van der Waals surface area contributed by atoms with Crippen LogP contribution in [-0.4, -0.2) is 59.4 Å². The predicted octanol–water partition coefficient (Wildman–Crippen LogP) is 1.63. The van der Waals surface area contributed by atoms with E-state index in [1.807, 2.05) is 30.7 Å². The highest BCUT2D eigenvalue weighted by Gasteiger charge is 2.23. The first kappa shape index (κ1) is 20.1. The Morgan fingerprint density at radius 1 is 1.18 bits per heavy atom. The second-order valence-corrected chi connectivity index (χ2v) is 7.06. The van der Waals surface area contributed by atoms with Crippen molar-refractivity contribution in [3.8, 4) is 5.75 Å². The van der Waals surface area contributed by atoms with Gasteiger partial charge in [0.25, 0.3) is 0 Å². The van der Waals surface area contributed by atoms with E-state index in [1.54, 1.807) is 14.2 Å². The van der Waals surface area contributed by atoms with Crippen LogP contribution in [0.4, 0.5) is 0 Å². The fourth-order valence-electron chi connectivity index (χ4n) is 3.52. The van der Waals surface area contributed by atoms with Crippen molar-refractivity contribution in [1.82, 2.24) is 30.3 Å². The highest BCUT2D eigenvalue weighted by molar-refractivity contribution is 5.79. The van der Waals surface area contributed by atoms with Crippen molar-refractivity contribution >= 4 is 5.96 Å². The fraction of sp³-hybridized carbons (Fsp3) is 0.550. The van der Waals surface area contributed by atoms with Crippen molar-refractivity contribution in [3.63, 3.8) is 0 Å². The van der Waals surface area contributed by atoms with Crippen LogP contribution in [0.3, 0.4) is 0 Å². The molecule has 2 aromatic rings. The van der Waals surface area contributed by atoms with Gasteiger partial charge in [-0.1, -0.05) is 12.1 Å². The number of aromatic nitrogens is 3. The highest BCUT2D eigenvalue weighted by atomic mass is 16.5. The molecule has 28 heavy (non-hydrogen) atoms. The van der Waals surface area contributed by atoms with E-state index in [0.29, 0.717) is 12.6 Å². The minimum Gasteiger partial charge on any atom is -0.497 e. The topological polar surface area (TPSA) is 79.6 Å². The van der Waals surface area contributed by atoms with Gasteiger partial charge in [0.1, 0.15) is 11.6 Å². The van der Waals surface area contributed by atoms with Gasteiger partial charge in [-0.2, -0.15) is 0 Å². The van der Waals surface area contributed by atoms with Gasteiger partial charge in [-0.25, -0.2) is 0 Å². The zero-order valence-corrected chi connectivity index (χ0v) is 17.3. The van der Waals surface area contributed by atoms with Crippen molar-refractivity contribution in [2.45, 2.75) is 32.4 Å². The van der Waals surface area contributed by atoms with E-state index in [4.69, 9.17) is 4.74 Å². The van der Waals surface area contributed by atoms with Gasteiger partial charge >= 0.3 is 0 Å². The zero-order valence-electron chi connectivity index (χ0n) is 17.3. The summed E-state index contributed by atoms with van der Waals surface area (Å²) in [6.45, 7) is 5.56. The van der Waals surface area contributed by atoms with Crippen molar-refractivity contribution in [3.05, 3.63) is 41.5 Å². The number of aryl methyl sites for hydroxylation is 1. The lowest BCUT2D eigenvalue weighted by Gasteiger charge is -2.29. The van der Waals surface area contributed by atoms with Crippen LogP contribution < -0.4 is 15.4 Å². The number of nitrogens with one attached hydrogen (secondary N) is 2. The van der Waals surface area contributed by atoms with Crippen LogP contribution in [0, 0.1) is 6.92 Å². The number of guanidine groups is 1. The number of rotatable bonds is 7. The van der Waals surface area contributed by atoms with Crippen molar-refractivity contribution in [1.29, 1.82) is 0 Å². The fourth-order valence-corrected chi connectivity index (χ4v) is 3.52. The minimum atomic E-state index is 0.295. The molecule has 1 saturated heterocycles. The Bertz CT molecular complexity index is 778. The lowest BCUT2D eigenvalue weighted by molar-refractivity contribution is 0.245. The number of hydrogen-bond donors (Lipinski definition) is 2. The van der Waals surface area contributed by atoms with E-state index >= 15 is 0 Å². The molecule has 2 N–H and O–H groups in total. The molecule has 1 aromatic carbocycles. The van der Waals surface area contributed by atoms with Gasteiger partial charge in [0.15, 0.2) is 11.8 Å². The Balaban J connectivity index is 1.63. The standard InChI is InChI=1S/C20H31N7O/c1-15-24-25-19(26(15)3)14-23-20(21-2)22-13-18(27-11-5-6-12-27)16-7-9-17(28-4)10-8-16/h7-10,18H,5-6,11-14H2,1-4H3,(H2,21,22,23). The summed E-state index contributed by atoms with van der Waals surface area (Å²) in [5, 5.41) is 15.1. The lowest BCUT2D eigenvalue weighted by Crippen LogP contribution is -2.42. The number of likely N-dealkylation sites (tertiary alicyclic amines) is 1. The van der Waals surface area contributed by atoms with Crippen LogP contribution in [0.5, 0.6) is 5.75 Å². The second-order valence-electron chi connectivity index (χ2n) is 7.06. The van der Waals surface area contributed by atoms with E-state index in [9.17, 15) is 0 Å². The third-order valence-electron chi connectivity index (χ3n) is 5.37. The third kappa shape index (κ3) is 4.81. The quantitative estimate of drug-likeness (QED) is 0.557. The maximum atomic E-state index is 5.30. The summed E-state index contributed by atoms with van der Waals surface area (Å²) in [4.78, 5) is 6.89. The summed E-state index contributed by atoms with van der Waals surface area (Å²) in [6.07, 6.45) is 2.51. The molecule has 0 radical (unpaired) electrons. The summed E-state index contributed by atoms with van der Waals surface area (Å²) in [5.41, 5.74) is 1.29. The zero-order chi connectivity index (χ0) is 19.9. The van der Waals surface area contributed by atoms with E-state index < -0.39 is 0 Å². The number of ether oxygens (including phenoxy) is 1. The Hall–Kier alpha value is -2.61. The Kier molecular flexibility index (Phi) is 6.86. The van der Waals surface area contributed by atoms with Crippen molar-refractivity contribution < 1.29 is 4.74 Å². The van der Waals surface area contributed by atoms with Gasteiger partial charge in [0.2, 0.25) is 0 Å². The number of methoxy groups -OCH3 is 1. The van der Waals surface area contributed by atoms with Crippen molar-refractivity contribution in [2.24, 2.45) is 12.0 Å². The first-order valence-electron chi connectivity index (χ1n) is 9.79. The second kappa shape index (κ2) is 9.54. The average Bonchev–Trinajstić information content (AvgIpc) is 3.36. The molecule has 0 spiro atoms. The predicted molar refractivity (Wildman–Crippen MR) is 110 cm³/mol. The molecule has 1 fully saturated rings. The molecular weight excluding hydrogens is 354 g/mol. The Morgan fingerprint density at radius 2 is 1.89 bits per heavy atom. The molecule has 0 amide bonds. The molecule has 2 heterocycles. The molecular formula is C20H31N7O. The van der Waals surface area contributed by atoms with Crippen LogP contribution >= 0.6 is 0 Å². The number of aliphatic imine (C=N–C) groups is 1. The normalized spacial score (nSPS) is 16.2. The van der Waals surface area contributed by atoms with Gasteiger partial charge in [-0.05, 0) is 50.6 Å². The highest BCUT2D eigenvalue weighted by Crippen LogP contribution is 2.26. The first-order chi connectivity index (χ1) is 13.6. The van der Waals surface area contributed by atoms with Gasteiger partial charge < -0.3 is 19.9 Å². The number of benzene rings is 1. The Morgan fingerprint density at radius 3 is 2.46 bits per heavy atom. The molecule has 1 aromatic heterocycles. The largest absolute Gasteiger partial charge is 0.497 e. The van der Waals surface area contributed by atoms with Gasteiger partial charge in [0, 0.05) is 20.6 Å². The van der Waals surface area contributed by atoms with Gasteiger partial charge in [0.05, 0.1) is 19.7 Å². The molecule has 1 atom stereocenters. The van der Waals surface area contributed by atoms with Crippen LogP contribution in [0.25, 0.3) is 0 Å². The maximum Gasteiger partial charge on any atom is 0.191 e. The molecule has 8 nitrogen and oxygen atoms in total. The van der Waals surface area contributed by atoms with Crippen LogP contribution in [0.2, 0.25) is 0 Å². The lowest BCUT2D eigenvalue weighted by atomic mass is 10.1. The number of hydrogen-bond acceptors (Lipinski definition) is 5. The monoisotopic (exact) mass is 385 g/mol. The molecule has 0 aliphatic carbocycles. The molecule has 1 aliphatic rings. The van der Waals surface area contributed by atoms with Gasteiger partial charge in [-0.15, -0.1) is 10.2 Å². The van der Waals surface area contributed by atoms with E-state index in [-0.39, 0.29) is 0 Å². The van der Waals surface area contributed by atoms with Gasteiger partial charge in [-0.3, -0.25) is 9.89 Å². The SMILES string of the molecule is CN=C(NCc1nnc(C)n1C)NCC(c1ccc(OC)cc1)N1CCCC1. The molecule has 8 heteroatoms. The smallest absolute Gasteiger partial charge is 0.191 e. The van der Waals surface area contributed by atoms with Crippen LogP contribution in [0.1, 0.15) is 36.1 Å². The molecule has 1 aliphatic heterocycles. The summed E-state index contributed by atoms with van der Waals surface area (Å²) in [5.74, 6) is 3.42. The minimum absolute atomic E-state index is 0.295. The summed E-state index contributed by atoms with van der Waals surface area (Å²) < 4.78 is 7.28. The van der Waals surface area contributed by atoms with E-state index in [0.717, 1.165) is 43.0 Å². The summed E-state index contributed by atoms with van der Waals surface area (Å²) in [7, 11) is 5.45. The summed E-state index contributed by atoms with van der Waals surface area (Å²) in [6, 6.07) is 8.66. The van der Waals surface area contributed by atoms with E-state index in [2.05, 4.69) is 42.9 Å². The molecule has 0 saturated carbocycles. The van der Waals surface area contributed by atoms with E-state index in [1.165, 1.54) is 18.4 Å². The first-order valence-corrected chi connectivity index (χ1v) is 9.79. The van der Waals surface area contributed by atoms with Crippen LogP contribution in [0.15, 0.2) is 29.3 Å². The van der Waals surface area contributed by atoms with Crippen LogP contribution in [-0.2, 0) is 13.6 Å². The van der Waals surface area contributed by atoms with Crippen molar-refractivity contribution in [2.75, 3.05) is 33.8 Å². The maximum absolute atomic E-state index is 5.30. The summed E-state index contributed by atoms with van der Waals surface area (Å²) >= 11 is 0. The molecule has 0 bridgehead atoms. The Labute approximate surface area is 167 Å². The molecule has 3 rings (SSSR count). The average molecular weight is 386 g/mol. The number of nitrogens with zero attached hydrogens (tertiary/aromatic N) is 5. The molecule has 152 valence electrons. The molecule has 1 unspecified atom stereocenters. The third-order valence-corrected chi connectivity index (χ3v) is 5.37.